The quantitative estimate of drug-likeness (QED) is 0.835. The predicted octanol–water partition coefficient (Wildman–Crippen LogP) is 3.14. The van der Waals surface area contributed by atoms with Gasteiger partial charge in [-0.15, -0.1) is 0 Å². The van der Waals surface area contributed by atoms with Gasteiger partial charge in [-0.3, -0.25) is 9.78 Å². The zero-order valence-corrected chi connectivity index (χ0v) is 15.5. The summed E-state index contributed by atoms with van der Waals surface area (Å²) < 4.78 is 66.0. The minimum absolute atomic E-state index is 0.0248. The highest BCUT2D eigenvalue weighted by molar-refractivity contribution is 7.89. The Labute approximate surface area is 160 Å². The number of rotatable bonds is 4. The molecule has 1 aromatic carbocycles. The fraction of sp³-hybridized carbons (Fsp3) is 0.333. The van der Waals surface area contributed by atoms with Gasteiger partial charge in [0.25, 0.3) is 0 Å². The number of anilines is 1. The van der Waals surface area contributed by atoms with Gasteiger partial charge >= 0.3 is 6.18 Å². The summed E-state index contributed by atoms with van der Waals surface area (Å²) in [4.78, 5) is 15.4. The smallest absolute Gasteiger partial charge is 0.326 e. The lowest BCUT2D eigenvalue weighted by Crippen LogP contribution is -2.41. The second-order valence-electron chi connectivity index (χ2n) is 6.40. The summed E-state index contributed by atoms with van der Waals surface area (Å²) in [5.41, 5.74) is -0.610. The number of halogens is 3. The maximum Gasteiger partial charge on any atom is 0.417 e. The molecule has 150 valence electrons. The Morgan fingerprint density at radius 3 is 2.29 bits per heavy atom. The van der Waals surface area contributed by atoms with Crippen molar-refractivity contribution in [2.24, 2.45) is 5.92 Å². The van der Waals surface area contributed by atoms with Gasteiger partial charge in [0.15, 0.2) is 0 Å². The van der Waals surface area contributed by atoms with Crippen LogP contribution < -0.4 is 5.32 Å². The minimum Gasteiger partial charge on any atom is -0.326 e. The molecular weight excluding hydrogens is 395 g/mol. The Kier molecular flexibility index (Phi) is 5.71. The van der Waals surface area contributed by atoms with Crippen LogP contribution in [0.5, 0.6) is 0 Å². The molecular formula is C18H18F3N3O3S. The summed E-state index contributed by atoms with van der Waals surface area (Å²) in [6, 6.07) is 7.38. The van der Waals surface area contributed by atoms with Gasteiger partial charge < -0.3 is 5.32 Å². The Morgan fingerprint density at radius 1 is 1.07 bits per heavy atom. The fourth-order valence-corrected chi connectivity index (χ4v) is 4.78. The normalized spacial score (nSPS) is 16.7. The van der Waals surface area contributed by atoms with Crippen LogP contribution in [0.25, 0.3) is 0 Å². The molecule has 1 aliphatic heterocycles. The molecule has 0 bridgehead atoms. The molecule has 2 heterocycles. The summed E-state index contributed by atoms with van der Waals surface area (Å²) in [7, 11) is -4.31. The first kappa shape index (κ1) is 20.3. The highest BCUT2D eigenvalue weighted by Gasteiger charge is 2.40. The van der Waals surface area contributed by atoms with Crippen molar-refractivity contribution in [3.63, 3.8) is 0 Å². The summed E-state index contributed by atoms with van der Waals surface area (Å²) in [6.07, 6.45) is -1.26. The van der Waals surface area contributed by atoms with Crippen LogP contribution in [0.3, 0.4) is 0 Å². The van der Waals surface area contributed by atoms with E-state index in [1.807, 2.05) is 0 Å². The lowest BCUT2D eigenvalue weighted by Gasteiger charge is -2.31. The highest BCUT2D eigenvalue weighted by Crippen LogP contribution is 2.36. The van der Waals surface area contributed by atoms with Gasteiger partial charge in [-0.05, 0) is 37.1 Å². The summed E-state index contributed by atoms with van der Waals surface area (Å²) in [6.45, 7) is -0.0497. The van der Waals surface area contributed by atoms with Gasteiger partial charge in [-0.25, -0.2) is 8.42 Å². The number of benzene rings is 1. The molecule has 0 saturated carbocycles. The van der Waals surface area contributed by atoms with E-state index in [1.165, 1.54) is 18.5 Å². The van der Waals surface area contributed by atoms with E-state index in [1.54, 1.807) is 12.1 Å². The predicted molar refractivity (Wildman–Crippen MR) is 95.8 cm³/mol. The first-order valence-corrected chi connectivity index (χ1v) is 10.0. The summed E-state index contributed by atoms with van der Waals surface area (Å²) in [5, 5.41) is 2.73. The van der Waals surface area contributed by atoms with Gasteiger partial charge in [-0.1, -0.05) is 12.1 Å². The molecule has 1 amide bonds. The van der Waals surface area contributed by atoms with E-state index in [-0.39, 0.29) is 31.8 Å². The Hall–Kier alpha value is -2.46. The SMILES string of the molecule is O=C(Nc1ccncc1)C1CCN(S(=O)(=O)c2ccccc2C(F)(F)F)CC1. The monoisotopic (exact) mass is 413 g/mol. The number of aromatic nitrogens is 1. The molecule has 2 aromatic rings. The van der Waals surface area contributed by atoms with E-state index in [0.717, 1.165) is 22.5 Å². The molecule has 1 saturated heterocycles. The van der Waals surface area contributed by atoms with Crippen LogP contribution in [-0.2, 0) is 21.0 Å². The molecule has 1 fully saturated rings. The lowest BCUT2D eigenvalue weighted by molar-refractivity contribution is -0.139. The first-order chi connectivity index (χ1) is 13.2. The van der Waals surface area contributed by atoms with Gasteiger partial charge in [0, 0.05) is 37.1 Å². The summed E-state index contributed by atoms with van der Waals surface area (Å²) >= 11 is 0. The van der Waals surface area contributed by atoms with Crippen LogP contribution in [0.2, 0.25) is 0 Å². The minimum atomic E-state index is -4.77. The van der Waals surface area contributed by atoms with E-state index in [0.29, 0.717) is 5.69 Å². The van der Waals surface area contributed by atoms with E-state index >= 15 is 0 Å². The molecule has 10 heteroatoms. The third-order valence-electron chi connectivity index (χ3n) is 4.58. The third kappa shape index (κ3) is 4.33. The molecule has 0 spiro atoms. The number of hydrogen-bond donors (Lipinski definition) is 1. The van der Waals surface area contributed by atoms with Crippen molar-refractivity contribution in [3.05, 3.63) is 54.4 Å². The number of pyridine rings is 1. The maximum atomic E-state index is 13.2. The third-order valence-corrected chi connectivity index (χ3v) is 6.54. The van der Waals surface area contributed by atoms with Crippen molar-refractivity contribution in [3.8, 4) is 0 Å². The van der Waals surface area contributed by atoms with E-state index in [4.69, 9.17) is 0 Å². The molecule has 28 heavy (non-hydrogen) atoms. The Balaban J connectivity index is 1.70. The molecule has 1 aliphatic rings. The number of sulfonamides is 1. The number of carbonyl (C=O) groups is 1. The van der Waals surface area contributed by atoms with Crippen molar-refractivity contribution in [1.29, 1.82) is 0 Å². The van der Waals surface area contributed by atoms with Crippen LogP contribution in [-0.4, -0.2) is 36.7 Å². The van der Waals surface area contributed by atoms with E-state index in [9.17, 15) is 26.4 Å². The number of alkyl halides is 3. The number of nitrogens with one attached hydrogen (secondary N) is 1. The lowest BCUT2D eigenvalue weighted by atomic mass is 9.97. The summed E-state index contributed by atoms with van der Waals surface area (Å²) in [5.74, 6) is -0.670. The van der Waals surface area contributed by atoms with Crippen molar-refractivity contribution in [2.75, 3.05) is 18.4 Å². The van der Waals surface area contributed by atoms with Crippen molar-refractivity contribution < 1.29 is 26.4 Å². The number of amides is 1. The zero-order valence-electron chi connectivity index (χ0n) is 14.7. The topological polar surface area (TPSA) is 79.4 Å². The molecule has 0 atom stereocenters. The standard InChI is InChI=1S/C18H18F3N3O3S/c19-18(20,21)15-3-1-2-4-16(15)28(26,27)24-11-7-13(8-12-24)17(25)23-14-5-9-22-10-6-14/h1-6,9-10,13H,7-8,11-12H2,(H,22,23,25). The van der Waals surface area contributed by atoms with Crippen LogP contribution in [0, 0.1) is 5.92 Å². The van der Waals surface area contributed by atoms with E-state index < -0.39 is 32.6 Å². The van der Waals surface area contributed by atoms with Crippen LogP contribution in [0.4, 0.5) is 18.9 Å². The average Bonchev–Trinajstić information content (AvgIpc) is 2.68. The zero-order chi connectivity index (χ0) is 20.4. The van der Waals surface area contributed by atoms with Crippen molar-refractivity contribution in [2.45, 2.75) is 23.9 Å². The fourth-order valence-electron chi connectivity index (χ4n) is 3.10. The van der Waals surface area contributed by atoms with Gasteiger partial charge in [-0.2, -0.15) is 17.5 Å². The van der Waals surface area contributed by atoms with Gasteiger partial charge in [0.1, 0.15) is 0 Å². The Morgan fingerprint density at radius 2 is 1.68 bits per heavy atom. The van der Waals surface area contributed by atoms with Crippen LogP contribution in [0.15, 0.2) is 53.7 Å². The number of piperidine rings is 1. The second kappa shape index (κ2) is 7.88. The molecule has 1 N–H and O–H groups in total. The number of carbonyl (C=O) groups excluding carboxylic acids is 1. The first-order valence-electron chi connectivity index (χ1n) is 8.57. The molecule has 6 nitrogen and oxygen atoms in total. The number of nitrogens with zero attached hydrogens (tertiary/aromatic N) is 2. The molecule has 0 radical (unpaired) electrons. The highest BCUT2D eigenvalue weighted by atomic mass is 32.2. The van der Waals surface area contributed by atoms with E-state index in [2.05, 4.69) is 10.3 Å². The van der Waals surface area contributed by atoms with Gasteiger partial charge in [0.05, 0.1) is 10.5 Å². The molecule has 3 rings (SSSR count). The number of hydrogen-bond acceptors (Lipinski definition) is 4. The van der Waals surface area contributed by atoms with Gasteiger partial charge in [0.2, 0.25) is 15.9 Å². The largest absolute Gasteiger partial charge is 0.417 e. The molecule has 0 unspecified atom stereocenters. The Bertz CT molecular complexity index is 941. The van der Waals surface area contributed by atoms with Crippen LogP contribution in [0.1, 0.15) is 18.4 Å². The van der Waals surface area contributed by atoms with Crippen molar-refractivity contribution >= 4 is 21.6 Å². The maximum absolute atomic E-state index is 13.2. The molecule has 0 aliphatic carbocycles. The van der Waals surface area contributed by atoms with Crippen molar-refractivity contribution in [1.82, 2.24) is 9.29 Å². The second-order valence-corrected chi connectivity index (χ2v) is 8.30. The van der Waals surface area contributed by atoms with Crippen LogP contribution >= 0.6 is 0 Å². The molecule has 1 aromatic heterocycles. The average molecular weight is 413 g/mol.